The van der Waals surface area contributed by atoms with Crippen molar-refractivity contribution >= 4 is 30.0 Å². The summed E-state index contributed by atoms with van der Waals surface area (Å²) in [5.41, 5.74) is 5.34. The van der Waals surface area contributed by atoms with Crippen LogP contribution in [0.15, 0.2) is 0 Å². The molecule has 0 bridgehead atoms. The maximum Gasteiger partial charge on any atom is 0.320 e. The summed E-state index contributed by atoms with van der Waals surface area (Å²) >= 11 is 1.87. The van der Waals surface area contributed by atoms with E-state index < -0.39 is 12.0 Å². The Morgan fingerprint density at radius 3 is 2.54 bits per heavy atom. The molecule has 1 saturated heterocycles. The summed E-state index contributed by atoms with van der Waals surface area (Å²) in [4.78, 5) is 31.6. The van der Waals surface area contributed by atoms with Gasteiger partial charge in [-0.15, -0.1) is 0 Å². The standard InChI is InChI=1S/C11H22N2O3.C6H12N2OS/c1-2-3-7-10(14)13-8-5-4-6-9(12)11(15)16;1-7-5-2-10-3-6(5)8-4-9/h9H,2-8,12H2,1H3,(H,13,14)(H,15,16);4-7H,2-3H2,1H3,(H,8,9). The molecule has 1 heterocycles. The summed E-state index contributed by atoms with van der Waals surface area (Å²) in [6, 6.07) is -0.00140. The number of carboxylic acid groups (broad SMARTS) is 1. The lowest BCUT2D eigenvalue weighted by Gasteiger charge is -2.16. The number of likely N-dealkylation sites (N-methyl/N-ethyl adjacent to an activating group) is 1. The zero-order valence-electron chi connectivity index (χ0n) is 15.8. The van der Waals surface area contributed by atoms with Gasteiger partial charge in [-0.25, -0.2) is 0 Å². The van der Waals surface area contributed by atoms with E-state index in [-0.39, 0.29) is 5.91 Å². The molecule has 0 saturated carbocycles. The molecule has 1 fully saturated rings. The Kier molecular flexibility index (Phi) is 15.1. The molecule has 8 nitrogen and oxygen atoms in total. The largest absolute Gasteiger partial charge is 0.480 e. The van der Waals surface area contributed by atoms with Crippen molar-refractivity contribution in [3.05, 3.63) is 0 Å². The van der Waals surface area contributed by atoms with Gasteiger partial charge in [0.15, 0.2) is 0 Å². The number of unbranched alkanes of at least 4 members (excludes halogenated alkanes) is 2. The molecule has 9 heteroatoms. The van der Waals surface area contributed by atoms with E-state index in [4.69, 9.17) is 10.8 Å². The lowest BCUT2D eigenvalue weighted by molar-refractivity contribution is -0.138. The van der Waals surface area contributed by atoms with Crippen molar-refractivity contribution in [1.29, 1.82) is 0 Å². The fourth-order valence-corrected chi connectivity index (χ4v) is 3.73. The van der Waals surface area contributed by atoms with Gasteiger partial charge in [0.1, 0.15) is 6.04 Å². The van der Waals surface area contributed by atoms with Crippen LogP contribution >= 0.6 is 11.8 Å². The van der Waals surface area contributed by atoms with Crippen LogP contribution < -0.4 is 21.7 Å². The fraction of sp³-hybridized carbons (Fsp3) is 0.824. The number of hydrogen-bond donors (Lipinski definition) is 5. The monoisotopic (exact) mass is 390 g/mol. The summed E-state index contributed by atoms with van der Waals surface area (Å²) < 4.78 is 0. The number of carbonyl (C=O) groups is 3. The Hall–Kier alpha value is -1.32. The molecule has 1 aliphatic rings. The molecule has 2 amide bonds. The van der Waals surface area contributed by atoms with E-state index in [1.807, 2.05) is 25.7 Å². The summed E-state index contributed by atoms with van der Waals surface area (Å²) in [5.74, 6) is 1.24. The molecule has 0 aromatic rings. The molecule has 0 spiro atoms. The second kappa shape index (κ2) is 15.9. The van der Waals surface area contributed by atoms with Crippen molar-refractivity contribution in [1.82, 2.24) is 16.0 Å². The van der Waals surface area contributed by atoms with Crippen LogP contribution in [-0.2, 0) is 14.4 Å². The van der Waals surface area contributed by atoms with Gasteiger partial charge in [-0.05, 0) is 32.7 Å². The number of carboxylic acids is 1. The minimum atomic E-state index is -0.966. The molecule has 6 N–H and O–H groups in total. The first-order chi connectivity index (χ1) is 12.5. The van der Waals surface area contributed by atoms with Gasteiger partial charge in [0.05, 0.1) is 6.04 Å². The topological polar surface area (TPSA) is 134 Å². The predicted octanol–water partition coefficient (Wildman–Crippen LogP) is 0.311. The van der Waals surface area contributed by atoms with E-state index in [1.165, 1.54) is 0 Å². The van der Waals surface area contributed by atoms with Crippen LogP contribution in [0.5, 0.6) is 0 Å². The highest BCUT2D eigenvalue weighted by Crippen LogP contribution is 2.17. The van der Waals surface area contributed by atoms with Crippen LogP contribution in [0.3, 0.4) is 0 Å². The van der Waals surface area contributed by atoms with E-state index in [0.717, 1.165) is 43.6 Å². The highest BCUT2D eigenvalue weighted by molar-refractivity contribution is 7.99. The quantitative estimate of drug-likeness (QED) is 0.239. The Morgan fingerprint density at radius 2 is 1.96 bits per heavy atom. The first-order valence-electron chi connectivity index (χ1n) is 9.16. The highest BCUT2D eigenvalue weighted by atomic mass is 32.2. The molecule has 3 unspecified atom stereocenters. The molecule has 1 rings (SSSR count). The molecule has 152 valence electrons. The van der Waals surface area contributed by atoms with Crippen molar-refractivity contribution in [3.8, 4) is 0 Å². The maximum absolute atomic E-state index is 11.2. The molecular weight excluding hydrogens is 356 g/mol. The normalized spacial score (nSPS) is 19.8. The zero-order valence-corrected chi connectivity index (χ0v) is 16.6. The van der Waals surface area contributed by atoms with E-state index >= 15 is 0 Å². The van der Waals surface area contributed by atoms with Gasteiger partial charge in [0, 0.05) is 30.5 Å². The predicted molar refractivity (Wildman–Crippen MR) is 105 cm³/mol. The molecular formula is C17H34N4O4S. The fourth-order valence-electron chi connectivity index (χ4n) is 2.36. The molecule has 0 aliphatic carbocycles. The Balaban J connectivity index is 0.000000531. The molecule has 0 radical (unpaired) electrons. The number of rotatable bonds is 12. The molecule has 0 aromatic carbocycles. The van der Waals surface area contributed by atoms with E-state index in [2.05, 4.69) is 16.0 Å². The minimum Gasteiger partial charge on any atom is -0.480 e. The smallest absolute Gasteiger partial charge is 0.320 e. The number of carbonyl (C=O) groups excluding carboxylic acids is 2. The first kappa shape index (κ1) is 24.7. The van der Waals surface area contributed by atoms with Crippen molar-refractivity contribution < 1.29 is 19.5 Å². The van der Waals surface area contributed by atoms with Gasteiger partial charge in [0.2, 0.25) is 12.3 Å². The van der Waals surface area contributed by atoms with Crippen molar-refractivity contribution in [3.63, 3.8) is 0 Å². The SMILES string of the molecule is CCCCC(=O)NCCCCC(N)C(=O)O.CNC1CSCC1NC=O. The third-order valence-electron chi connectivity index (χ3n) is 4.07. The maximum atomic E-state index is 11.2. The van der Waals surface area contributed by atoms with E-state index in [9.17, 15) is 14.4 Å². The lowest BCUT2D eigenvalue weighted by Crippen LogP contribution is -2.45. The molecule has 1 aliphatic heterocycles. The minimum absolute atomic E-state index is 0.0735. The van der Waals surface area contributed by atoms with Crippen LogP contribution in [-0.4, -0.2) is 66.6 Å². The Morgan fingerprint density at radius 1 is 1.27 bits per heavy atom. The zero-order chi connectivity index (χ0) is 19.8. The van der Waals surface area contributed by atoms with Crippen LogP contribution in [0.1, 0.15) is 45.4 Å². The lowest BCUT2D eigenvalue weighted by atomic mass is 10.1. The number of thioether (sulfide) groups is 1. The Bertz CT molecular complexity index is 412. The van der Waals surface area contributed by atoms with Crippen LogP contribution in [0.4, 0.5) is 0 Å². The number of nitrogens with one attached hydrogen (secondary N) is 3. The summed E-state index contributed by atoms with van der Waals surface area (Å²) in [7, 11) is 1.93. The van der Waals surface area contributed by atoms with Gasteiger partial charge in [0.25, 0.3) is 0 Å². The van der Waals surface area contributed by atoms with Gasteiger partial charge in [-0.1, -0.05) is 13.3 Å². The average molecular weight is 391 g/mol. The number of amides is 2. The van der Waals surface area contributed by atoms with Gasteiger partial charge in [-0.3, -0.25) is 14.4 Å². The summed E-state index contributed by atoms with van der Waals surface area (Å²) in [6.07, 6.45) is 5.24. The molecule has 26 heavy (non-hydrogen) atoms. The first-order valence-corrected chi connectivity index (χ1v) is 10.3. The van der Waals surface area contributed by atoms with Gasteiger partial charge >= 0.3 is 5.97 Å². The number of aliphatic carboxylic acids is 1. The van der Waals surface area contributed by atoms with Crippen molar-refractivity contribution in [2.24, 2.45) is 5.73 Å². The van der Waals surface area contributed by atoms with E-state index in [1.54, 1.807) is 0 Å². The van der Waals surface area contributed by atoms with Crippen molar-refractivity contribution in [2.75, 3.05) is 25.1 Å². The van der Waals surface area contributed by atoms with Crippen LogP contribution in [0.25, 0.3) is 0 Å². The van der Waals surface area contributed by atoms with Gasteiger partial charge < -0.3 is 26.8 Å². The van der Waals surface area contributed by atoms with Crippen LogP contribution in [0.2, 0.25) is 0 Å². The second-order valence-electron chi connectivity index (χ2n) is 6.22. The Labute approximate surface area is 160 Å². The number of nitrogens with two attached hydrogens (primary N) is 1. The summed E-state index contributed by atoms with van der Waals surface area (Å²) in [5, 5.41) is 17.3. The summed E-state index contributed by atoms with van der Waals surface area (Å²) in [6.45, 7) is 2.65. The second-order valence-corrected chi connectivity index (χ2v) is 7.29. The molecule has 3 atom stereocenters. The van der Waals surface area contributed by atoms with Gasteiger partial charge in [-0.2, -0.15) is 11.8 Å². The third-order valence-corrected chi connectivity index (χ3v) is 5.26. The number of hydrogen-bond acceptors (Lipinski definition) is 6. The average Bonchev–Trinajstić information content (AvgIpc) is 3.07. The highest BCUT2D eigenvalue weighted by Gasteiger charge is 2.25. The third kappa shape index (κ3) is 12.1. The van der Waals surface area contributed by atoms with Crippen molar-refractivity contribution in [2.45, 2.75) is 63.6 Å². The molecule has 0 aromatic heterocycles. The van der Waals surface area contributed by atoms with E-state index in [0.29, 0.717) is 31.5 Å². The van der Waals surface area contributed by atoms with Crippen LogP contribution in [0, 0.1) is 0 Å².